The van der Waals surface area contributed by atoms with Crippen LogP contribution >= 0.6 is 7.60 Å². The average Bonchev–Trinajstić information content (AvgIpc) is 2.60. The standard InChI is InChI=1S/C15H23N2O3P/c1-4-19-21(18,20-5-2)12-14-13-8-6-7-9-15(13)17(3)11-10-16-14/h6-9H,4-5,10-12H2,1-3H3. The molecule has 0 fully saturated rings. The maximum Gasteiger partial charge on any atom is 0.336 e. The number of likely N-dealkylation sites (N-methyl/N-ethyl adjacent to an activating group) is 1. The van der Waals surface area contributed by atoms with E-state index < -0.39 is 7.60 Å². The van der Waals surface area contributed by atoms with Crippen LogP contribution in [-0.4, -0.2) is 45.2 Å². The van der Waals surface area contributed by atoms with Gasteiger partial charge in [0.05, 0.1) is 31.6 Å². The summed E-state index contributed by atoms with van der Waals surface area (Å²) in [5.41, 5.74) is 2.92. The number of fused-ring (bicyclic) bond motifs is 1. The maximum atomic E-state index is 12.7. The Balaban J connectivity index is 2.32. The number of anilines is 1. The van der Waals surface area contributed by atoms with Gasteiger partial charge in [0, 0.05) is 24.8 Å². The van der Waals surface area contributed by atoms with Crippen LogP contribution in [0.4, 0.5) is 5.69 Å². The predicted octanol–water partition coefficient (Wildman–Crippen LogP) is 3.19. The lowest BCUT2D eigenvalue weighted by Crippen LogP contribution is -2.20. The van der Waals surface area contributed by atoms with Crippen molar-refractivity contribution in [3.05, 3.63) is 29.8 Å². The molecule has 0 aromatic heterocycles. The molecule has 2 rings (SSSR count). The molecule has 1 aliphatic rings. The Hall–Kier alpha value is -1.16. The van der Waals surface area contributed by atoms with Crippen molar-refractivity contribution in [2.75, 3.05) is 44.4 Å². The summed E-state index contributed by atoms with van der Waals surface area (Å²) in [5, 5.41) is 0. The van der Waals surface area contributed by atoms with Crippen molar-refractivity contribution in [1.29, 1.82) is 0 Å². The van der Waals surface area contributed by atoms with Crippen molar-refractivity contribution < 1.29 is 13.6 Å². The lowest BCUT2D eigenvalue weighted by atomic mass is 10.1. The minimum Gasteiger partial charge on any atom is -0.372 e. The Labute approximate surface area is 126 Å². The number of nitrogens with zero attached hydrogens (tertiary/aromatic N) is 2. The highest BCUT2D eigenvalue weighted by Crippen LogP contribution is 2.49. The molecule has 6 heteroatoms. The SMILES string of the molecule is CCOP(=O)(CC1=NCCN(C)c2ccccc21)OCC. The molecule has 0 unspecified atom stereocenters. The Morgan fingerprint density at radius 1 is 1.24 bits per heavy atom. The van der Waals surface area contributed by atoms with Gasteiger partial charge in [0.25, 0.3) is 0 Å². The Morgan fingerprint density at radius 3 is 2.57 bits per heavy atom. The zero-order valence-corrected chi connectivity index (χ0v) is 13.8. The Bertz CT molecular complexity index is 550. The lowest BCUT2D eigenvalue weighted by Gasteiger charge is -2.21. The first-order chi connectivity index (χ1) is 10.1. The molecule has 1 heterocycles. The molecule has 0 spiro atoms. The predicted molar refractivity (Wildman–Crippen MR) is 86.8 cm³/mol. The maximum absolute atomic E-state index is 12.7. The molecule has 0 saturated heterocycles. The van der Waals surface area contributed by atoms with Gasteiger partial charge in [0.15, 0.2) is 0 Å². The quantitative estimate of drug-likeness (QED) is 0.757. The van der Waals surface area contributed by atoms with Gasteiger partial charge in [-0.05, 0) is 19.9 Å². The molecule has 0 N–H and O–H groups in total. The zero-order chi connectivity index (χ0) is 15.3. The van der Waals surface area contributed by atoms with Gasteiger partial charge < -0.3 is 13.9 Å². The van der Waals surface area contributed by atoms with Gasteiger partial charge in [0.2, 0.25) is 0 Å². The van der Waals surface area contributed by atoms with Gasteiger partial charge >= 0.3 is 7.60 Å². The third-order valence-electron chi connectivity index (χ3n) is 3.36. The van der Waals surface area contributed by atoms with Gasteiger partial charge in [-0.25, -0.2) is 0 Å². The van der Waals surface area contributed by atoms with Gasteiger partial charge in [0.1, 0.15) is 0 Å². The van der Waals surface area contributed by atoms with Crippen molar-refractivity contribution in [2.24, 2.45) is 4.99 Å². The molecule has 1 aromatic carbocycles. The molecule has 21 heavy (non-hydrogen) atoms. The van der Waals surface area contributed by atoms with Crippen LogP contribution in [0.2, 0.25) is 0 Å². The minimum absolute atomic E-state index is 0.222. The van der Waals surface area contributed by atoms with E-state index in [1.807, 2.05) is 39.1 Å². The third kappa shape index (κ3) is 3.94. The fourth-order valence-corrected chi connectivity index (χ4v) is 4.11. The lowest BCUT2D eigenvalue weighted by molar-refractivity contribution is 0.223. The summed E-state index contributed by atoms with van der Waals surface area (Å²) in [6.45, 7) is 5.90. The van der Waals surface area contributed by atoms with Crippen LogP contribution in [0.3, 0.4) is 0 Å². The highest BCUT2D eigenvalue weighted by molar-refractivity contribution is 7.55. The number of aliphatic imine (C=N–C) groups is 1. The molecule has 1 aliphatic heterocycles. The number of para-hydroxylation sites is 1. The number of rotatable bonds is 6. The number of benzene rings is 1. The van der Waals surface area contributed by atoms with E-state index in [0.717, 1.165) is 23.5 Å². The second-order valence-electron chi connectivity index (χ2n) is 4.87. The van der Waals surface area contributed by atoms with Crippen LogP contribution in [0.25, 0.3) is 0 Å². The minimum atomic E-state index is -3.13. The Morgan fingerprint density at radius 2 is 1.90 bits per heavy atom. The first-order valence-corrected chi connectivity index (χ1v) is 9.04. The third-order valence-corrected chi connectivity index (χ3v) is 5.35. The monoisotopic (exact) mass is 310 g/mol. The van der Waals surface area contributed by atoms with Crippen LogP contribution in [0, 0.1) is 0 Å². The zero-order valence-electron chi connectivity index (χ0n) is 12.9. The van der Waals surface area contributed by atoms with Crippen LogP contribution < -0.4 is 4.90 Å². The fourth-order valence-electron chi connectivity index (χ4n) is 2.43. The van der Waals surface area contributed by atoms with Crippen LogP contribution in [0.1, 0.15) is 19.4 Å². The summed E-state index contributed by atoms with van der Waals surface area (Å²) in [6, 6.07) is 8.05. The summed E-state index contributed by atoms with van der Waals surface area (Å²) in [6.07, 6.45) is 0.222. The van der Waals surface area contributed by atoms with E-state index in [-0.39, 0.29) is 6.16 Å². The average molecular weight is 310 g/mol. The highest BCUT2D eigenvalue weighted by atomic mass is 31.2. The number of hydrogen-bond acceptors (Lipinski definition) is 5. The molecule has 0 aliphatic carbocycles. The van der Waals surface area contributed by atoms with E-state index in [1.54, 1.807) is 0 Å². The molecular weight excluding hydrogens is 287 g/mol. The second-order valence-corrected chi connectivity index (χ2v) is 6.93. The summed E-state index contributed by atoms with van der Waals surface area (Å²) < 4.78 is 23.5. The van der Waals surface area contributed by atoms with E-state index in [4.69, 9.17) is 9.05 Å². The van der Waals surface area contributed by atoms with Crippen molar-refractivity contribution in [2.45, 2.75) is 13.8 Å². The van der Waals surface area contributed by atoms with E-state index in [0.29, 0.717) is 19.8 Å². The van der Waals surface area contributed by atoms with Crippen molar-refractivity contribution in [3.8, 4) is 0 Å². The first kappa shape index (κ1) is 16.2. The van der Waals surface area contributed by atoms with Gasteiger partial charge in [-0.2, -0.15) is 0 Å². The molecule has 0 radical (unpaired) electrons. The number of benzodiazepines with no additional fused rings is 1. The second kappa shape index (κ2) is 7.21. The number of hydrogen-bond donors (Lipinski definition) is 0. The van der Waals surface area contributed by atoms with Gasteiger partial charge in [-0.3, -0.25) is 9.56 Å². The summed E-state index contributed by atoms with van der Waals surface area (Å²) in [5.74, 6) is 0. The first-order valence-electron chi connectivity index (χ1n) is 7.31. The van der Waals surface area contributed by atoms with Gasteiger partial charge in [-0.15, -0.1) is 0 Å². The molecule has 116 valence electrons. The smallest absolute Gasteiger partial charge is 0.336 e. The van der Waals surface area contributed by atoms with E-state index >= 15 is 0 Å². The normalized spacial score (nSPS) is 15.4. The van der Waals surface area contributed by atoms with E-state index in [1.165, 1.54) is 0 Å². The van der Waals surface area contributed by atoms with Gasteiger partial charge in [-0.1, -0.05) is 18.2 Å². The molecule has 1 aromatic rings. The van der Waals surface area contributed by atoms with Crippen molar-refractivity contribution in [1.82, 2.24) is 0 Å². The van der Waals surface area contributed by atoms with Crippen LogP contribution in [0.5, 0.6) is 0 Å². The van der Waals surface area contributed by atoms with E-state index in [2.05, 4.69) is 16.0 Å². The molecular formula is C15H23N2O3P. The summed E-state index contributed by atoms with van der Waals surface area (Å²) in [7, 11) is -1.09. The molecule has 0 amide bonds. The van der Waals surface area contributed by atoms with E-state index in [9.17, 15) is 4.57 Å². The summed E-state index contributed by atoms with van der Waals surface area (Å²) in [4.78, 5) is 6.77. The Kier molecular flexibility index (Phi) is 5.57. The largest absolute Gasteiger partial charge is 0.372 e. The van der Waals surface area contributed by atoms with Crippen molar-refractivity contribution >= 4 is 19.0 Å². The fraction of sp³-hybridized carbons (Fsp3) is 0.533. The van der Waals surface area contributed by atoms with Crippen molar-refractivity contribution in [3.63, 3.8) is 0 Å². The van der Waals surface area contributed by atoms with Crippen LogP contribution in [-0.2, 0) is 13.6 Å². The summed E-state index contributed by atoms with van der Waals surface area (Å²) >= 11 is 0. The molecule has 0 bridgehead atoms. The topological polar surface area (TPSA) is 51.1 Å². The molecule has 0 atom stereocenters. The van der Waals surface area contributed by atoms with Crippen LogP contribution in [0.15, 0.2) is 29.3 Å². The molecule has 0 saturated carbocycles. The highest BCUT2D eigenvalue weighted by Gasteiger charge is 2.28. The molecule has 5 nitrogen and oxygen atoms in total.